The maximum absolute atomic E-state index is 12.1. The Morgan fingerprint density at radius 1 is 0.833 bits per heavy atom. The largest absolute Gasteiger partial charge is 0.332 e. The molecule has 0 aromatic heterocycles. The van der Waals surface area contributed by atoms with Crippen LogP contribution in [0, 0.1) is 0 Å². The van der Waals surface area contributed by atoms with E-state index in [0.717, 1.165) is 11.1 Å². The molecule has 2 aromatic rings. The maximum Gasteiger partial charge on any atom is 0.315 e. The number of hydrogen-bond donors (Lipinski definition) is 4. The Balaban J connectivity index is 1.92. The first kappa shape index (κ1) is 17.5. The minimum Gasteiger partial charge on any atom is -0.332 e. The van der Waals surface area contributed by atoms with Crippen molar-refractivity contribution in [2.75, 3.05) is 0 Å². The lowest BCUT2D eigenvalue weighted by Gasteiger charge is -2.19. The molecule has 0 radical (unpaired) electrons. The van der Waals surface area contributed by atoms with Gasteiger partial charge in [0.05, 0.1) is 12.1 Å². The zero-order valence-electron chi connectivity index (χ0n) is 13.6. The summed E-state index contributed by atoms with van der Waals surface area (Å²) in [7, 11) is 0. The highest BCUT2D eigenvalue weighted by Crippen LogP contribution is 2.15. The molecule has 0 aliphatic carbocycles. The monoisotopic (exact) mass is 327 g/mol. The van der Waals surface area contributed by atoms with E-state index in [9.17, 15) is 9.59 Å². The van der Waals surface area contributed by atoms with Gasteiger partial charge in [-0.1, -0.05) is 42.5 Å². The summed E-state index contributed by atoms with van der Waals surface area (Å²) >= 11 is 0. The first-order valence-electron chi connectivity index (χ1n) is 7.67. The minimum atomic E-state index is -0.573. The first-order chi connectivity index (χ1) is 11.5. The number of rotatable bonds is 5. The molecular formula is C18H21N3O3. The summed E-state index contributed by atoms with van der Waals surface area (Å²) in [5.41, 5.74) is 3.80. The van der Waals surface area contributed by atoms with Gasteiger partial charge in [-0.3, -0.25) is 10.0 Å². The zero-order chi connectivity index (χ0) is 17.5. The van der Waals surface area contributed by atoms with E-state index in [1.807, 2.05) is 44.2 Å². The second-order valence-electron chi connectivity index (χ2n) is 5.53. The molecule has 0 fully saturated rings. The molecule has 0 unspecified atom stereocenters. The Labute approximate surface area is 140 Å². The fraction of sp³-hybridized carbons (Fsp3) is 0.222. The van der Waals surface area contributed by atoms with Crippen molar-refractivity contribution in [2.45, 2.75) is 25.9 Å². The lowest BCUT2D eigenvalue weighted by Crippen LogP contribution is -2.38. The Morgan fingerprint density at radius 3 is 1.83 bits per heavy atom. The number of hydrogen-bond acceptors (Lipinski definition) is 3. The predicted octanol–water partition coefficient (Wildman–Crippen LogP) is 2.93. The summed E-state index contributed by atoms with van der Waals surface area (Å²) in [4.78, 5) is 23.4. The van der Waals surface area contributed by atoms with Crippen molar-refractivity contribution in [1.29, 1.82) is 0 Å². The third kappa shape index (κ3) is 4.57. The van der Waals surface area contributed by atoms with E-state index < -0.39 is 5.91 Å². The second-order valence-corrected chi connectivity index (χ2v) is 5.53. The SMILES string of the molecule is C[C@@H](NC(=O)N[C@H](C)c1ccc(C(=O)NO)cc1)c1ccccc1. The van der Waals surface area contributed by atoms with Crippen LogP contribution in [0.25, 0.3) is 0 Å². The van der Waals surface area contributed by atoms with E-state index in [-0.39, 0.29) is 18.1 Å². The summed E-state index contributed by atoms with van der Waals surface area (Å²) in [5, 5.41) is 14.3. The summed E-state index contributed by atoms with van der Waals surface area (Å²) in [6.45, 7) is 3.77. The highest BCUT2D eigenvalue weighted by molar-refractivity contribution is 5.93. The standard InChI is InChI=1S/C18H21N3O3/c1-12(14-6-4-3-5-7-14)19-18(23)20-13(2)15-8-10-16(11-9-15)17(22)21-24/h3-13,24H,1-2H3,(H,21,22)(H2,19,20,23)/t12-,13-/m1/s1. The smallest absolute Gasteiger partial charge is 0.315 e. The van der Waals surface area contributed by atoms with Crippen LogP contribution in [0.2, 0.25) is 0 Å². The van der Waals surface area contributed by atoms with E-state index in [2.05, 4.69) is 10.6 Å². The average molecular weight is 327 g/mol. The molecule has 24 heavy (non-hydrogen) atoms. The van der Waals surface area contributed by atoms with Crippen molar-refractivity contribution in [2.24, 2.45) is 0 Å². The van der Waals surface area contributed by atoms with E-state index in [1.54, 1.807) is 29.7 Å². The van der Waals surface area contributed by atoms with Crippen molar-refractivity contribution in [3.8, 4) is 0 Å². The second kappa shape index (κ2) is 8.12. The molecule has 2 aromatic carbocycles. The van der Waals surface area contributed by atoms with Gasteiger partial charge in [0.15, 0.2) is 0 Å². The summed E-state index contributed by atoms with van der Waals surface area (Å²) in [6, 6.07) is 15.7. The molecule has 3 amide bonds. The van der Waals surface area contributed by atoms with Crippen LogP contribution < -0.4 is 16.1 Å². The predicted molar refractivity (Wildman–Crippen MR) is 90.6 cm³/mol. The molecule has 0 bridgehead atoms. The third-order valence-corrected chi connectivity index (χ3v) is 3.77. The van der Waals surface area contributed by atoms with Crippen molar-refractivity contribution < 1.29 is 14.8 Å². The highest BCUT2D eigenvalue weighted by atomic mass is 16.5. The van der Waals surface area contributed by atoms with E-state index in [0.29, 0.717) is 5.56 Å². The Kier molecular flexibility index (Phi) is 5.92. The molecule has 0 saturated heterocycles. The molecule has 0 aliphatic heterocycles. The molecule has 2 atom stereocenters. The Morgan fingerprint density at radius 2 is 1.33 bits per heavy atom. The maximum atomic E-state index is 12.1. The highest BCUT2D eigenvalue weighted by Gasteiger charge is 2.13. The fourth-order valence-corrected chi connectivity index (χ4v) is 2.33. The molecule has 0 aliphatic rings. The summed E-state index contributed by atoms with van der Waals surface area (Å²) in [6.07, 6.45) is 0. The van der Waals surface area contributed by atoms with Gasteiger partial charge in [-0.2, -0.15) is 0 Å². The first-order valence-corrected chi connectivity index (χ1v) is 7.67. The molecule has 6 heteroatoms. The number of amides is 3. The molecular weight excluding hydrogens is 306 g/mol. The third-order valence-electron chi connectivity index (χ3n) is 3.77. The van der Waals surface area contributed by atoms with Crippen LogP contribution in [-0.2, 0) is 0 Å². The molecule has 0 heterocycles. The summed E-state index contributed by atoms with van der Waals surface area (Å²) < 4.78 is 0. The molecule has 2 rings (SSSR count). The average Bonchev–Trinajstić information content (AvgIpc) is 2.61. The van der Waals surface area contributed by atoms with Crippen LogP contribution in [0.1, 0.15) is 47.4 Å². The fourth-order valence-electron chi connectivity index (χ4n) is 2.33. The quantitative estimate of drug-likeness (QED) is 0.503. The van der Waals surface area contributed by atoms with E-state index in [1.165, 1.54) is 0 Å². The zero-order valence-corrected chi connectivity index (χ0v) is 13.6. The molecule has 0 saturated carbocycles. The van der Waals surface area contributed by atoms with Gasteiger partial charge >= 0.3 is 6.03 Å². The Bertz CT molecular complexity index is 686. The number of hydroxylamine groups is 1. The number of carbonyl (C=O) groups excluding carboxylic acids is 2. The van der Waals surface area contributed by atoms with E-state index >= 15 is 0 Å². The van der Waals surface area contributed by atoms with Crippen molar-refractivity contribution >= 4 is 11.9 Å². The van der Waals surface area contributed by atoms with Crippen LogP contribution in [0.5, 0.6) is 0 Å². The summed E-state index contributed by atoms with van der Waals surface area (Å²) in [5.74, 6) is -0.573. The van der Waals surface area contributed by atoms with Crippen LogP contribution in [0.15, 0.2) is 54.6 Å². The van der Waals surface area contributed by atoms with Crippen molar-refractivity contribution in [3.63, 3.8) is 0 Å². The lowest BCUT2D eigenvalue weighted by atomic mass is 10.1. The lowest BCUT2D eigenvalue weighted by molar-refractivity contribution is 0.0706. The van der Waals surface area contributed by atoms with Gasteiger partial charge in [-0.25, -0.2) is 10.3 Å². The number of benzene rings is 2. The molecule has 126 valence electrons. The van der Waals surface area contributed by atoms with Gasteiger partial charge < -0.3 is 10.6 Å². The van der Waals surface area contributed by atoms with Crippen LogP contribution in [-0.4, -0.2) is 17.1 Å². The van der Waals surface area contributed by atoms with Crippen LogP contribution in [0.3, 0.4) is 0 Å². The number of carbonyl (C=O) groups is 2. The minimum absolute atomic E-state index is 0.103. The van der Waals surface area contributed by atoms with E-state index in [4.69, 9.17) is 5.21 Å². The number of nitrogens with one attached hydrogen (secondary N) is 3. The number of urea groups is 1. The van der Waals surface area contributed by atoms with Crippen molar-refractivity contribution in [1.82, 2.24) is 16.1 Å². The van der Waals surface area contributed by atoms with Gasteiger partial charge in [0.25, 0.3) is 5.91 Å². The van der Waals surface area contributed by atoms with Crippen LogP contribution in [0.4, 0.5) is 4.79 Å². The molecule has 0 spiro atoms. The molecule has 6 nitrogen and oxygen atoms in total. The van der Waals surface area contributed by atoms with Crippen molar-refractivity contribution in [3.05, 3.63) is 71.3 Å². The van der Waals surface area contributed by atoms with Gasteiger partial charge in [-0.15, -0.1) is 0 Å². The van der Waals surface area contributed by atoms with Gasteiger partial charge in [0.1, 0.15) is 0 Å². The van der Waals surface area contributed by atoms with Gasteiger partial charge in [0, 0.05) is 5.56 Å². The molecule has 4 N–H and O–H groups in total. The van der Waals surface area contributed by atoms with Gasteiger partial charge in [0.2, 0.25) is 0 Å². The van der Waals surface area contributed by atoms with Crippen LogP contribution >= 0.6 is 0 Å². The topological polar surface area (TPSA) is 90.5 Å². The van der Waals surface area contributed by atoms with Gasteiger partial charge in [-0.05, 0) is 37.1 Å². The normalized spacial score (nSPS) is 12.8. The Hall–Kier alpha value is -2.86.